The maximum Gasteiger partial charge on any atom is 0.326 e. The molecule has 0 aliphatic carbocycles. The molecule has 1 saturated heterocycles. The van der Waals surface area contributed by atoms with Crippen LogP contribution in [-0.2, 0) is 9.59 Å². The number of carbonyl (C=O) groups is 3. The van der Waals surface area contributed by atoms with Crippen LogP contribution >= 0.6 is 0 Å². The minimum Gasteiger partial charge on any atom is -0.480 e. The van der Waals surface area contributed by atoms with Crippen molar-refractivity contribution >= 4 is 17.9 Å². The summed E-state index contributed by atoms with van der Waals surface area (Å²) in [6.45, 7) is 1.74. The van der Waals surface area contributed by atoms with Crippen molar-refractivity contribution in [1.82, 2.24) is 15.5 Å². The van der Waals surface area contributed by atoms with Gasteiger partial charge in [0.25, 0.3) is 0 Å². The summed E-state index contributed by atoms with van der Waals surface area (Å²) < 4.78 is 0. The van der Waals surface area contributed by atoms with Gasteiger partial charge in [0.2, 0.25) is 5.91 Å². The zero-order valence-corrected chi connectivity index (χ0v) is 11.6. The Kier molecular flexibility index (Phi) is 6.23. The number of carboxylic acid groups (broad SMARTS) is 1. The van der Waals surface area contributed by atoms with Crippen LogP contribution in [0.15, 0.2) is 0 Å². The Morgan fingerprint density at radius 1 is 1.45 bits per heavy atom. The fraction of sp³-hybridized carbons (Fsp3) is 0.750. The fourth-order valence-corrected chi connectivity index (χ4v) is 2.21. The van der Waals surface area contributed by atoms with E-state index in [2.05, 4.69) is 15.5 Å². The minimum atomic E-state index is -1.18. The quantitative estimate of drug-likeness (QED) is 0.503. The number of carboxylic acids is 1. The first-order valence-corrected chi connectivity index (χ1v) is 6.65. The van der Waals surface area contributed by atoms with Crippen LogP contribution in [0.5, 0.6) is 0 Å². The summed E-state index contributed by atoms with van der Waals surface area (Å²) >= 11 is 0. The molecule has 1 heterocycles. The molecular formula is C12H22N4O4. The Labute approximate surface area is 117 Å². The topological polar surface area (TPSA) is 125 Å². The number of nitrogens with one attached hydrogen (secondary N) is 2. The number of nitrogens with zero attached hydrogens (tertiary/aromatic N) is 1. The van der Waals surface area contributed by atoms with E-state index in [9.17, 15) is 14.4 Å². The molecule has 3 amide bonds. The predicted octanol–water partition coefficient (Wildman–Crippen LogP) is -0.901. The van der Waals surface area contributed by atoms with Crippen LogP contribution in [0.2, 0.25) is 0 Å². The van der Waals surface area contributed by atoms with Crippen LogP contribution in [0.1, 0.15) is 25.7 Å². The van der Waals surface area contributed by atoms with Gasteiger partial charge in [-0.1, -0.05) is 0 Å². The van der Waals surface area contributed by atoms with Gasteiger partial charge in [-0.05, 0) is 32.9 Å². The second-order valence-electron chi connectivity index (χ2n) is 5.12. The summed E-state index contributed by atoms with van der Waals surface area (Å²) in [6.07, 6.45) is 1.77. The van der Waals surface area contributed by atoms with E-state index in [1.807, 2.05) is 7.05 Å². The van der Waals surface area contributed by atoms with E-state index >= 15 is 0 Å². The van der Waals surface area contributed by atoms with Crippen LogP contribution in [0.4, 0.5) is 4.79 Å². The van der Waals surface area contributed by atoms with Gasteiger partial charge in [0.05, 0.1) is 0 Å². The number of primary amides is 1. The van der Waals surface area contributed by atoms with Crippen LogP contribution in [-0.4, -0.2) is 60.1 Å². The second kappa shape index (κ2) is 7.68. The molecule has 0 aromatic carbocycles. The van der Waals surface area contributed by atoms with Gasteiger partial charge in [0.1, 0.15) is 6.04 Å². The number of piperidine rings is 1. The lowest BCUT2D eigenvalue weighted by Crippen LogP contribution is -2.53. The normalized spacial score (nSPS) is 20.9. The monoisotopic (exact) mass is 286 g/mol. The number of hydrogen-bond donors (Lipinski definition) is 4. The number of nitrogens with two attached hydrogens (primary N) is 1. The first kappa shape index (κ1) is 16.2. The first-order chi connectivity index (χ1) is 9.38. The number of likely N-dealkylation sites (N-methyl/N-ethyl adjacent to an activating group) is 1. The molecule has 20 heavy (non-hydrogen) atoms. The van der Waals surface area contributed by atoms with E-state index in [0.717, 1.165) is 25.9 Å². The standard InChI is InChI=1S/C12H22N4O4/c1-16-6-2-3-8(7-16)14-12(20)15-9(11(18)19)4-5-10(13)17/h8-9H,2-7H2,1H3,(H2,13,17)(H,18,19)(H2,14,15,20)/t8?,9-/m0/s1. The molecule has 1 fully saturated rings. The average Bonchev–Trinajstić information content (AvgIpc) is 2.33. The summed E-state index contributed by atoms with van der Waals surface area (Å²) in [7, 11) is 1.97. The molecule has 1 aliphatic heterocycles. The Morgan fingerprint density at radius 3 is 2.70 bits per heavy atom. The van der Waals surface area contributed by atoms with Crippen molar-refractivity contribution in [3.8, 4) is 0 Å². The Bertz CT molecular complexity index is 374. The zero-order chi connectivity index (χ0) is 15.1. The van der Waals surface area contributed by atoms with E-state index < -0.39 is 23.9 Å². The molecule has 8 nitrogen and oxygen atoms in total. The van der Waals surface area contributed by atoms with Crippen molar-refractivity contribution in [2.45, 2.75) is 37.8 Å². The molecule has 1 aliphatic rings. The highest BCUT2D eigenvalue weighted by Crippen LogP contribution is 2.07. The molecule has 1 unspecified atom stereocenters. The Morgan fingerprint density at radius 2 is 2.15 bits per heavy atom. The van der Waals surface area contributed by atoms with E-state index in [0.29, 0.717) is 0 Å². The van der Waals surface area contributed by atoms with Gasteiger partial charge >= 0.3 is 12.0 Å². The summed E-state index contributed by atoms with van der Waals surface area (Å²) in [4.78, 5) is 35.5. The summed E-state index contributed by atoms with van der Waals surface area (Å²) in [5.74, 6) is -1.77. The molecule has 5 N–H and O–H groups in total. The van der Waals surface area contributed by atoms with Crippen molar-refractivity contribution in [3.05, 3.63) is 0 Å². The molecule has 0 saturated carbocycles. The molecule has 2 atom stereocenters. The number of urea groups is 1. The maximum atomic E-state index is 11.8. The summed E-state index contributed by atoms with van der Waals surface area (Å²) in [6, 6.07) is -1.62. The van der Waals surface area contributed by atoms with Gasteiger partial charge in [-0.2, -0.15) is 0 Å². The van der Waals surface area contributed by atoms with Crippen molar-refractivity contribution < 1.29 is 19.5 Å². The number of amides is 3. The van der Waals surface area contributed by atoms with Gasteiger partial charge in [-0.25, -0.2) is 9.59 Å². The number of carbonyl (C=O) groups excluding carboxylic acids is 2. The second-order valence-corrected chi connectivity index (χ2v) is 5.12. The lowest BCUT2D eigenvalue weighted by molar-refractivity contribution is -0.139. The van der Waals surface area contributed by atoms with Gasteiger partial charge in [-0.3, -0.25) is 4.79 Å². The molecule has 1 rings (SSSR count). The highest BCUT2D eigenvalue weighted by molar-refractivity contribution is 5.83. The predicted molar refractivity (Wildman–Crippen MR) is 72.0 cm³/mol. The lowest BCUT2D eigenvalue weighted by atomic mass is 10.1. The Hall–Kier alpha value is -1.83. The van der Waals surface area contributed by atoms with Gasteiger partial charge < -0.3 is 26.4 Å². The molecule has 0 aromatic rings. The van der Waals surface area contributed by atoms with Crippen molar-refractivity contribution in [3.63, 3.8) is 0 Å². The van der Waals surface area contributed by atoms with Crippen LogP contribution in [0, 0.1) is 0 Å². The SMILES string of the molecule is CN1CCCC(NC(=O)N[C@@H](CCC(N)=O)C(=O)O)C1. The zero-order valence-electron chi connectivity index (χ0n) is 11.6. The highest BCUT2D eigenvalue weighted by atomic mass is 16.4. The summed E-state index contributed by atoms with van der Waals surface area (Å²) in [5.41, 5.74) is 4.97. The smallest absolute Gasteiger partial charge is 0.326 e. The van der Waals surface area contributed by atoms with Gasteiger partial charge in [0.15, 0.2) is 0 Å². The molecule has 114 valence electrons. The van der Waals surface area contributed by atoms with Crippen molar-refractivity contribution in [2.75, 3.05) is 20.1 Å². The van der Waals surface area contributed by atoms with E-state index in [4.69, 9.17) is 10.8 Å². The van der Waals surface area contributed by atoms with E-state index in [-0.39, 0.29) is 18.9 Å². The number of hydrogen-bond acceptors (Lipinski definition) is 4. The van der Waals surface area contributed by atoms with E-state index in [1.54, 1.807) is 0 Å². The largest absolute Gasteiger partial charge is 0.480 e. The van der Waals surface area contributed by atoms with Crippen molar-refractivity contribution in [2.24, 2.45) is 5.73 Å². The maximum absolute atomic E-state index is 11.8. The third-order valence-corrected chi connectivity index (χ3v) is 3.24. The van der Waals surface area contributed by atoms with Crippen LogP contribution in [0.3, 0.4) is 0 Å². The van der Waals surface area contributed by atoms with Crippen LogP contribution < -0.4 is 16.4 Å². The van der Waals surface area contributed by atoms with Gasteiger partial charge in [-0.15, -0.1) is 0 Å². The third kappa shape index (κ3) is 5.87. The summed E-state index contributed by atoms with van der Waals surface area (Å²) in [5, 5.41) is 14.1. The fourth-order valence-electron chi connectivity index (χ4n) is 2.21. The van der Waals surface area contributed by atoms with Crippen molar-refractivity contribution in [1.29, 1.82) is 0 Å². The average molecular weight is 286 g/mol. The molecule has 0 spiro atoms. The molecular weight excluding hydrogens is 264 g/mol. The van der Waals surface area contributed by atoms with Crippen LogP contribution in [0.25, 0.3) is 0 Å². The number of likely N-dealkylation sites (tertiary alicyclic amines) is 1. The molecule has 0 aromatic heterocycles. The number of rotatable bonds is 6. The lowest BCUT2D eigenvalue weighted by Gasteiger charge is -2.30. The third-order valence-electron chi connectivity index (χ3n) is 3.24. The van der Waals surface area contributed by atoms with Gasteiger partial charge in [0, 0.05) is 19.0 Å². The molecule has 0 bridgehead atoms. The number of aliphatic carboxylic acids is 1. The van der Waals surface area contributed by atoms with E-state index in [1.165, 1.54) is 0 Å². The highest BCUT2D eigenvalue weighted by Gasteiger charge is 2.23. The Balaban J connectivity index is 2.40. The minimum absolute atomic E-state index is 0.0113. The molecule has 8 heteroatoms. The molecule has 0 radical (unpaired) electrons. The first-order valence-electron chi connectivity index (χ1n) is 6.65.